The van der Waals surface area contributed by atoms with Gasteiger partial charge in [-0.15, -0.1) is 0 Å². The molecule has 70 valence electrons. The molecule has 0 saturated heterocycles. The van der Waals surface area contributed by atoms with Gasteiger partial charge in [-0.3, -0.25) is 0 Å². The molecule has 4 N–H and O–H groups in total. The van der Waals surface area contributed by atoms with Gasteiger partial charge in [0.15, 0.2) is 0 Å². The van der Waals surface area contributed by atoms with E-state index in [1.54, 1.807) is 0 Å². The molecule has 0 spiro atoms. The quantitative estimate of drug-likeness (QED) is 0.568. The van der Waals surface area contributed by atoms with Gasteiger partial charge in [0.25, 0.3) is 0 Å². The van der Waals surface area contributed by atoms with Gasteiger partial charge in [-0.2, -0.15) is 4.98 Å². The third kappa shape index (κ3) is 1.42. The average Bonchev–Trinajstić information content (AvgIpc) is 2.06. The third-order valence-electron chi connectivity index (χ3n) is 2.30. The highest BCUT2D eigenvalue weighted by Crippen LogP contribution is 2.20. The van der Waals surface area contributed by atoms with E-state index in [1.807, 2.05) is 0 Å². The standard InChI is InChI=1S/C8H13N5/c1-13-3-2-6-5(4-13)7(9)12-8(10)11-6/h2-4H2,1H3,(H4,9,10,11,12). The van der Waals surface area contributed by atoms with Crippen LogP contribution in [0.4, 0.5) is 11.8 Å². The lowest BCUT2D eigenvalue weighted by Crippen LogP contribution is -2.28. The lowest BCUT2D eigenvalue weighted by molar-refractivity contribution is 0.310. The summed E-state index contributed by atoms with van der Waals surface area (Å²) in [7, 11) is 2.05. The number of anilines is 2. The van der Waals surface area contributed by atoms with E-state index in [0.29, 0.717) is 5.82 Å². The molecule has 0 unspecified atom stereocenters. The summed E-state index contributed by atoms with van der Waals surface area (Å²) in [4.78, 5) is 10.3. The van der Waals surface area contributed by atoms with Crippen molar-refractivity contribution in [3.05, 3.63) is 11.3 Å². The maximum Gasteiger partial charge on any atom is 0.222 e. The molecule has 1 aliphatic rings. The monoisotopic (exact) mass is 179 g/mol. The molecule has 2 rings (SSSR count). The van der Waals surface area contributed by atoms with Gasteiger partial charge < -0.3 is 16.4 Å². The van der Waals surface area contributed by atoms with E-state index in [1.165, 1.54) is 0 Å². The topological polar surface area (TPSA) is 81.1 Å². The SMILES string of the molecule is CN1CCc2nc(N)nc(N)c2C1. The van der Waals surface area contributed by atoms with E-state index < -0.39 is 0 Å². The molecule has 5 heteroatoms. The molecular weight excluding hydrogens is 166 g/mol. The van der Waals surface area contributed by atoms with Crippen LogP contribution in [0.2, 0.25) is 0 Å². The molecule has 0 aliphatic carbocycles. The fourth-order valence-corrected chi connectivity index (χ4v) is 1.59. The van der Waals surface area contributed by atoms with Gasteiger partial charge in [-0.25, -0.2) is 4.98 Å². The summed E-state index contributed by atoms with van der Waals surface area (Å²) in [6, 6.07) is 0. The molecule has 0 bridgehead atoms. The molecule has 13 heavy (non-hydrogen) atoms. The predicted octanol–water partition coefficient (Wildman–Crippen LogP) is -0.371. The van der Waals surface area contributed by atoms with E-state index in [2.05, 4.69) is 21.9 Å². The number of hydrogen-bond acceptors (Lipinski definition) is 5. The second kappa shape index (κ2) is 2.85. The van der Waals surface area contributed by atoms with Gasteiger partial charge in [0.1, 0.15) is 5.82 Å². The van der Waals surface area contributed by atoms with Crippen molar-refractivity contribution in [2.45, 2.75) is 13.0 Å². The summed E-state index contributed by atoms with van der Waals surface area (Å²) in [6.45, 7) is 1.82. The third-order valence-corrected chi connectivity index (χ3v) is 2.30. The Kier molecular flexibility index (Phi) is 1.81. The van der Waals surface area contributed by atoms with Crippen LogP contribution >= 0.6 is 0 Å². The Morgan fingerprint density at radius 1 is 1.31 bits per heavy atom. The Morgan fingerprint density at radius 2 is 2.08 bits per heavy atom. The molecule has 0 fully saturated rings. The average molecular weight is 179 g/mol. The smallest absolute Gasteiger partial charge is 0.222 e. The fraction of sp³-hybridized carbons (Fsp3) is 0.500. The van der Waals surface area contributed by atoms with E-state index in [-0.39, 0.29) is 5.95 Å². The van der Waals surface area contributed by atoms with E-state index >= 15 is 0 Å². The molecule has 1 aromatic heterocycles. The van der Waals surface area contributed by atoms with Crippen LogP contribution in [0.25, 0.3) is 0 Å². The number of aromatic nitrogens is 2. The van der Waals surface area contributed by atoms with Gasteiger partial charge in [0.05, 0.1) is 5.69 Å². The van der Waals surface area contributed by atoms with Crippen LogP contribution in [-0.2, 0) is 13.0 Å². The highest BCUT2D eigenvalue weighted by Gasteiger charge is 2.18. The largest absolute Gasteiger partial charge is 0.383 e. The Hall–Kier alpha value is -1.36. The highest BCUT2D eigenvalue weighted by molar-refractivity contribution is 5.46. The van der Waals surface area contributed by atoms with Crippen LogP contribution in [-0.4, -0.2) is 28.5 Å². The summed E-state index contributed by atoms with van der Waals surface area (Å²) in [6.07, 6.45) is 0.906. The van der Waals surface area contributed by atoms with E-state index in [9.17, 15) is 0 Å². The molecule has 0 amide bonds. The molecule has 0 aromatic carbocycles. The number of nitrogens with two attached hydrogens (primary N) is 2. The second-order valence-electron chi connectivity index (χ2n) is 3.38. The summed E-state index contributed by atoms with van der Waals surface area (Å²) >= 11 is 0. The Labute approximate surface area is 76.8 Å². The van der Waals surface area contributed by atoms with Crippen molar-refractivity contribution in [2.75, 3.05) is 25.1 Å². The van der Waals surface area contributed by atoms with Crippen molar-refractivity contribution in [3.8, 4) is 0 Å². The van der Waals surface area contributed by atoms with Gasteiger partial charge in [0.2, 0.25) is 5.95 Å². The Morgan fingerprint density at radius 3 is 2.85 bits per heavy atom. The molecule has 1 aliphatic heterocycles. The minimum Gasteiger partial charge on any atom is -0.383 e. The van der Waals surface area contributed by atoms with Crippen LogP contribution in [0.1, 0.15) is 11.3 Å². The molecule has 5 nitrogen and oxygen atoms in total. The van der Waals surface area contributed by atoms with Crippen molar-refractivity contribution in [2.24, 2.45) is 0 Å². The van der Waals surface area contributed by atoms with Gasteiger partial charge in [-0.05, 0) is 7.05 Å². The summed E-state index contributed by atoms with van der Waals surface area (Å²) in [5, 5.41) is 0. The van der Waals surface area contributed by atoms with Crippen LogP contribution in [0.15, 0.2) is 0 Å². The maximum atomic E-state index is 5.75. The summed E-state index contributed by atoms with van der Waals surface area (Å²) in [5.74, 6) is 0.801. The summed E-state index contributed by atoms with van der Waals surface area (Å²) < 4.78 is 0. The van der Waals surface area contributed by atoms with Gasteiger partial charge in [-0.1, -0.05) is 0 Å². The first-order chi connectivity index (χ1) is 6.16. The minimum atomic E-state index is 0.279. The maximum absolute atomic E-state index is 5.75. The van der Waals surface area contributed by atoms with E-state index in [4.69, 9.17) is 11.5 Å². The summed E-state index contributed by atoms with van der Waals surface area (Å²) in [5.41, 5.74) is 13.3. The van der Waals surface area contributed by atoms with Crippen LogP contribution < -0.4 is 11.5 Å². The van der Waals surface area contributed by atoms with Crippen molar-refractivity contribution >= 4 is 11.8 Å². The number of likely N-dealkylation sites (N-methyl/N-ethyl adjacent to an activating group) is 1. The van der Waals surface area contributed by atoms with Gasteiger partial charge >= 0.3 is 0 Å². The molecule has 2 heterocycles. The van der Waals surface area contributed by atoms with Crippen molar-refractivity contribution < 1.29 is 0 Å². The Balaban J connectivity index is 2.47. The van der Waals surface area contributed by atoms with E-state index in [0.717, 1.165) is 30.8 Å². The molecule has 0 atom stereocenters. The molecular formula is C8H13N5. The van der Waals surface area contributed by atoms with Crippen molar-refractivity contribution in [1.82, 2.24) is 14.9 Å². The van der Waals surface area contributed by atoms with Crippen LogP contribution in [0.5, 0.6) is 0 Å². The highest BCUT2D eigenvalue weighted by atomic mass is 15.1. The normalized spacial score (nSPS) is 17.0. The molecule has 1 aromatic rings. The zero-order valence-corrected chi connectivity index (χ0v) is 7.62. The number of nitrogen functional groups attached to an aromatic ring is 2. The first kappa shape index (κ1) is 8.25. The van der Waals surface area contributed by atoms with Crippen LogP contribution in [0.3, 0.4) is 0 Å². The molecule has 0 saturated carbocycles. The number of nitrogens with zero attached hydrogens (tertiary/aromatic N) is 3. The number of fused-ring (bicyclic) bond motifs is 1. The Bertz CT molecular complexity index is 336. The number of rotatable bonds is 0. The van der Waals surface area contributed by atoms with Crippen molar-refractivity contribution in [3.63, 3.8) is 0 Å². The second-order valence-corrected chi connectivity index (χ2v) is 3.38. The minimum absolute atomic E-state index is 0.279. The first-order valence-electron chi connectivity index (χ1n) is 4.26. The predicted molar refractivity (Wildman–Crippen MR) is 50.9 cm³/mol. The van der Waals surface area contributed by atoms with Crippen molar-refractivity contribution in [1.29, 1.82) is 0 Å². The lowest BCUT2D eigenvalue weighted by Gasteiger charge is -2.24. The zero-order chi connectivity index (χ0) is 9.42. The van der Waals surface area contributed by atoms with Crippen LogP contribution in [0, 0.1) is 0 Å². The lowest BCUT2D eigenvalue weighted by atomic mass is 10.1. The molecule has 0 radical (unpaired) electrons. The van der Waals surface area contributed by atoms with Gasteiger partial charge in [0, 0.05) is 25.1 Å². The fourth-order valence-electron chi connectivity index (χ4n) is 1.59. The number of hydrogen-bond donors (Lipinski definition) is 2. The zero-order valence-electron chi connectivity index (χ0n) is 7.62. The first-order valence-corrected chi connectivity index (χ1v) is 4.26.